The number of anilines is 1. The number of benzene rings is 6. The number of sulfonamides is 1. The summed E-state index contributed by atoms with van der Waals surface area (Å²) in [6.45, 7) is 3.63. The van der Waals surface area contributed by atoms with E-state index in [9.17, 15) is 23.4 Å². The number of carbonyl (C=O) groups is 1. The lowest BCUT2D eigenvalue weighted by Gasteiger charge is -2.46. The molecule has 2 fully saturated rings. The monoisotopic (exact) mass is 885 g/mol. The number of halogens is 1. The Morgan fingerprint density at radius 3 is 2.10 bits per heavy atom. The third-order valence-corrected chi connectivity index (χ3v) is 13.9. The fourth-order valence-corrected chi connectivity index (χ4v) is 9.90. The summed E-state index contributed by atoms with van der Waals surface area (Å²) in [5.41, 5.74) is 5.45. The van der Waals surface area contributed by atoms with Crippen molar-refractivity contribution in [2.75, 3.05) is 25.0 Å². The van der Waals surface area contributed by atoms with Gasteiger partial charge in [-0.15, -0.1) is 0 Å². The molecule has 10 nitrogen and oxygen atoms in total. The summed E-state index contributed by atoms with van der Waals surface area (Å²) in [6.07, 6.45) is -0.497. The maximum absolute atomic E-state index is 14.1. The zero-order valence-electron chi connectivity index (χ0n) is 35.0. The molecule has 63 heavy (non-hydrogen) atoms. The molecule has 0 spiro atoms. The van der Waals surface area contributed by atoms with Gasteiger partial charge < -0.3 is 29.9 Å². The number of ether oxygens (including phenoxy) is 2. The van der Waals surface area contributed by atoms with Crippen molar-refractivity contribution in [3.05, 3.63) is 202 Å². The van der Waals surface area contributed by atoms with Gasteiger partial charge in [-0.25, -0.2) is 8.42 Å². The Kier molecular flexibility index (Phi) is 13.9. The van der Waals surface area contributed by atoms with Gasteiger partial charge in [-0.1, -0.05) is 138 Å². The molecule has 4 N–H and O–H groups in total. The van der Waals surface area contributed by atoms with Crippen LogP contribution >= 0.6 is 11.6 Å². The summed E-state index contributed by atoms with van der Waals surface area (Å²) < 4.78 is 43.8. The summed E-state index contributed by atoms with van der Waals surface area (Å²) in [4.78, 5) is 16.5. The Bertz CT molecular complexity index is 2560. The van der Waals surface area contributed by atoms with E-state index >= 15 is 0 Å². The van der Waals surface area contributed by atoms with E-state index in [1.54, 1.807) is 24.3 Å². The maximum atomic E-state index is 14.1. The molecule has 1 amide bonds. The van der Waals surface area contributed by atoms with Crippen LogP contribution in [0.2, 0.25) is 5.02 Å². The first-order chi connectivity index (χ1) is 30.5. The Balaban J connectivity index is 1.07. The van der Waals surface area contributed by atoms with E-state index in [0.717, 1.165) is 33.4 Å². The van der Waals surface area contributed by atoms with Crippen LogP contribution in [-0.2, 0) is 42.9 Å². The highest BCUT2D eigenvalue weighted by Crippen LogP contribution is 2.48. The highest BCUT2D eigenvalue weighted by atomic mass is 35.5. The number of nitrogens with zero attached hydrogens (tertiary/aromatic N) is 1. The van der Waals surface area contributed by atoms with Gasteiger partial charge in [0.2, 0.25) is 15.9 Å². The van der Waals surface area contributed by atoms with Crippen molar-refractivity contribution in [2.45, 2.75) is 73.7 Å². The molecule has 2 saturated heterocycles. The number of aryl methyl sites for hydroxylation is 1. The molecule has 5 atom stereocenters. The highest BCUT2D eigenvalue weighted by molar-refractivity contribution is 7.89. The van der Waals surface area contributed by atoms with Gasteiger partial charge in [-0.3, -0.25) is 4.79 Å². The normalized spacial score (nSPS) is 20.8. The first-order valence-electron chi connectivity index (χ1n) is 21.3. The summed E-state index contributed by atoms with van der Waals surface area (Å²) in [5, 5.41) is 25.2. The summed E-state index contributed by atoms with van der Waals surface area (Å²) in [5.74, 6) is -0.757. The van der Waals surface area contributed by atoms with Crippen molar-refractivity contribution in [1.82, 2.24) is 9.62 Å². The average molecular weight is 887 g/mol. The molecule has 6 aromatic carbocycles. The van der Waals surface area contributed by atoms with Gasteiger partial charge >= 0.3 is 0 Å². The number of amides is 1. The molecule has 1 unspecified atom stereocenters. The molecule has 326 valence electrons. The molecule has 8 rings (SSSR count). The highest BCUT2D eigenvalue weighted by Gasteiger charge is 2.44. The minimum Gasteiger partial charge on any atom is -0.392 e. The Hall–Kier alpha value is -5.21. The number of hydrogen-bond donors (Lipinski definition) is 4. The van der Waals surface area contributed by atoms with Gasteiger partial charge in [0.15, 0.2) is 6.29 Å². The molecule has 12 heteroatoms. The minimum absolute atomic E-state index is 0.0678. The first-order valence-corrected chi connectivity index (χ1v) is 23.1. The molecular weight excluding hydrogens is 834 g/mol. The first kappa shape index (κ1) is 44.4. The van der Waals surface area contributed by atoms with Crippen LogP contribution in [0, 0.1) is 6.92 Å². The zero-order chi connectivity index (χ0) is 44.0. The summed E-state index contributed by atoms with van der Waals surface area (Å²) in [6, 6.07) is 47.3. The Labute approximate surface area is 374 Å². The van der Waals surface area contributed by atoms with Crippen molar-refractivity contribution in [1.29, 1.82) is 0 Å². The fourth-order valence-electron chi connectivity index (χ4n) is 8.58. The van der Waals surface area contributed by atoms with Gasteiger partial charge in [0.1, 0.15) is 6.04 Å². The third-order valence-electron chi connectivity index (χ3n) is 12.1. The number of carbonyl (C=O) groups excluding carboxylic acids is 1. The van der Waals surface area contributed by atoms with E-state index in [4.69, 9.17) is 21.1 Å². The second kappa shape index (κ2) is 19.7. The number of nitrogens with one attached hydrogen (secondary N) is 2. The van der Waals surface area contributed by atoms with Gasteiger partial charge in [0.05, 0.1) is 29.3 Å². The van der Waals surface area contributed by atoms with Crippen LogP contribution in [0.1, 0.15) is 70.1 Å². The number of hydrogen-bond acceptors (Lipinski definition) is 8. The van der Waals surface area contributed by atoms with Crippen LogP contribution in [0.3, 0.4) is 0 Å². The molecule has 2 aliphatic rings. The number of rotatable bonds is 14. The SMILES string of the molecule is Cc1ccc(S(=O)(=O)N[C@H](Cc2ccccc2)C(=O)Nc2cccc(C3O[C@H](CN4CCC(O)(c5ccc(Cl)cc5)CC4)[C@@H](c4ccccc4)[C@H](c4ccc(CO)cc4)O3)c2)cc1. The van der Waals surface area contributed by atoms with Crippen molar-refractivity contribution in [2.24, 2.45) is 0 Å². The molecule has 0 aliphatic carbocycles. The molecule has 2 aliphatic heterocycles. The number of likely N-dealkylation sites (tertiary alicyclic amines) is 1. The second-order valence-electron chi connectivity index (χ2n) is 16.5. The van der Waals surface area contributed by atoms with Crippen molar-refractivity contribution in [3.63, 3.8) is 0 Å². The zero-order valence-corrected chi connectivity index (χ0v) is 36.6. The maximum Gasteiger partial charge on any atom is 0.242 e. The van der Waals surface area contributed by atoms with Gasteiger partial charge in [-0.05, 0) is 90.4 Å². The predicted molar refractivity (Wildman–Crippen MR) is 245 cm³/mol. The van der Waals surface area contributed by atoms with Crippen LogP contribution in [0.25, 0.3) is 0 Å². The standard InChI is InChI=1S/C51H52ClN3O7S/c1-35-15-25-44(26-16-35)63(59,60)54-45(31-36-9-4-2-5-10-36)49(57)53-43-14-8-13-40(32-43)50-61-46(33-55-29-27-51(58,28-30-55)41-21-23-42(52)24-22-41)47(38-11-6-3-7-12-38)48(62-50)39-19-17-37(34-56)18-20-39/h2-26,32,45-48,50,54,56,58H,27-31,33-34H2,1H3,(H,53,57)/t45-,46-,47-,48+,50?/m1/s1. The number of aliphatic hydroxyl groups is 2. The van der Waals surface area contributed by atoms with E-state index < -0.39 is 40.0 Å². The van der Waals surface area contributed by atoms with Gasteiger partial charge in [-0.2, -0.15) is 4.72 Å². The van der Waals surface area contributed by atoms with Gasteiger partial charge in [0, 0.05) is 41.8 Å². The Morgan fingerprint density at radius 1 is 0.778 bits per heavy atom. The van der Waals surface area contributed by atoms with E-state index in [2.05, 4.69) is 27.1 Å². The van der Waals surface area contributed by atoms with Crippen molar-refractivity contribution >= 4 is 33.2 Å². The predicted octanol–water partition coefficient (Wildman–Crippen LogP) is 8.59. The topological polar surface area (TPSA) is 137 Å². The van der Waals surface area contributed by atoms with E-state index in [1.807, 2.05) is 116 Å². The molecule has 2 heterocycles. The van der Waals surface area contributed by atoms with Crippen molar-refractivity contribution in [3.8, 4) is 0 Å². The smallest absolute Gasteiger partial charge is 0.242 e. The Morgan fingerprint density at radius 2 is 1.43 bits per heavy atom. The lowest BCUT2D eigenvalue weighted by Crippen LogP contribution is -2.49. The quantitative estimate of drug-likeness (QED) is 0.0855. The lowest BCUT2D eigenvalue weighted by atomic mass is 9.81. The molecule has 0 saturated carbocycles. The molecule has 0 aromatic heterocycles. The second-order valence-corrected chi connectivity index (χ2v) is 18.7. The van der Waals surface area contributed by atoms with Crippen LogP contribution in [-0.4, -0.2) is 61.2 Å². The molecular formula is C51H52ClN3O7S. The summed E-state index contributed by atoms with van der Waals surface area (Å²) in [7, 11) is -4.05. The minimum atomic E-state index is -4.05. The van der Waals surface area contributed by atoms with Crippen LogP contribution in [0.5, 0.6) is 0 Å². The molecule has 6 aromatic rings. The summed E-state index contributed by atoms with van der Waals surface area (Å²) >= 11 is 6.17. The van der Waals surface area contributed by atoms with Gasteiger partial charge in [0.25, 0.3) is 0 Å². The average Bonchev–Trinajstić information content (AvgIpc) is 3.30. The van der Waals surface area contributed by atoms with Crippen LogP contribution in [0.4, 0.5) is 5.69 Å². The number of piperidine rings is 1. The van der Waals surface area contributed by atoms with Crippen LogP contribution < -0.4 is 10.0 Å². The van der Waals surface area contributed by atoms with Crippen molar-refractivity contribution < 1.29 is 32.9 Å². The molecule has 0 bridgehead atoms. The largest absolute Gasteiger partial charge is 0.392 e. The van der Waals surface area contributed by atoms with E-state index in [1.165, 1.54) is 12.1 Å². The lowest BCUT2D eigenvalue weighted by molar-refractivity contribution is -0.264. The van der Waals surface area contributed by atoms with E-state index in [0.29, 0.717) is 48.7 Å². The third kappa shape index (κ3) is 10.8. The fraction of sp³-hybridized carbons (Fsp3) is 0.275. The van der Waals surface area contributed by atoms with Crippen LogP contribution in [0.15, 0.2) is 163 Å². The van der Waals surface area contributed by atoms with E-state index in [-0.39, 0.29) is 29.9 Å². The number of aliphatic hydroxyl groups excluding tert-OH is 1. The molecule has 0 radical (unpaired) electrons.